The summed E-state index contributed by atoms with van der Waals surface area (Å²) in [5.74, 6) is 0.868. The number of hydrogen-bond acceptors (Lipinski definition) is 0. The number of piperidine rings is 1. The Labute approximate surface area is 118 Å². The second-order valence-corrected chi connectivity index (χ2v) is 5.95. The minimum Gasteiger partial charge on any atom is -0.242 e. The molecule has 0 N–H and O–H groups in total. The lowest BCUT2D eigenvalue weighted by molar-refractivity contribution is 0.368. The van der Waals surface area contributed by atoms with Gasteiger partial charge in [0.2, 0.25) is 0 Å². The predicted molar refractivity (Wildman–Crippen MR) is 82.6 cm³/mol. The minimum absolute atomic E-state index is 0.868. The summed E-state index contributed by atoms with van der Waals surface area (Å²) in [4.78, 5) is 0. The van der Waals surface area contributed by atoms with Crippen LogP contribution in [-0.2, 0) is 12.8 Å². The third kappa shape index (κ3) is 5.36. The first-order valence-corrected chi connectivity index (χ1v) is 8.09. The summed E-state index contributed by atoms with van der Waals surface area (Å²) < 4.78 is 0. The molecule has 1 aromatic carbocycles. The van der Waals surface area contributed by atoms with E-state index >= 15 is 0 Å². The Morgan fingerprint density at radius 2 is 1.63 bits per heavy atom. The Hall–Kier alpha value is -0.820. The highest BCUT2D eigenvalue weighted by Crippen LogP contribution is 2.19. The van der Waals surface area contributed by atoms with E-state index in [9.17, 15) is 0 Å². The molecule has 0 saturated carbocycles. The Kier molecular flexibility index (Phi) is 6.43. The smallest absolute Gasteiger partial charge is 0.0136 e. The molecule has 1 aliphatic rings. The first-order valence-electron chi connectivity index (χ1n) is 8.09. The van der Waals surface area contributed by atoms with E-state index in [1.165, 1.54) is 62.5 Å². The van der Waals surface area contributed by atoms with Gasteiger partial charge in [0.25, 0.3) is 0 Å². The van der Waals surface area contributed by atoms with Gasteiger partial charge in [-0.05, 0) is 49.1 Å². The number of benzene rings is 1. The fraction of sp³-hybridized carbons (Fsp3) is 0.667. The van der Waals surface area contributed by atoms with Gasteiger partial charge in [0, 0.05) is 13.1 Å². The first kappa shape index (κ1) is 14.6. The van der Waals surface area contributed by atoms with Gasteiger partial charge >= 0.3 is 0 Å². The third-order valence-corrected chi connectivity index (χ3v) is 4.26. The molecule has 0 amide bonds. The number of unbranched alkanes of at least 4 members (excludes halogenated alkanes) is 3. The highest BCUT2D eigenvalue weighted by atomic mass is 14.9. The molecule has 0 unspecified atom stereocenters. The van der Waals surface area contributed by atoms with E-state index in [1.807, 2.05) is 0 Å². The van der Waals surface area contributed by atoms with Crippen molar-refractivity contribution in [2.24, 2.45) is 5.92 Å². The molecule has 1 saturated heterocycles. The summed E-state index contributed by atoms with van der Waals surface area (Å²) in [7, 11) is 0. The van der Waals surface area contributed by atoms with E-state index in [0.29, 0.717) is 0 Å². The molecular weight excluding hydrogens is 230 g/mol. The van der Waals surface area contributed by atoms with Gasteiger partial charge in [0.15, 0.2) is 0 Å². The topological polar surface area (TPSA) is 14.1 Å². The van der Waals surface area contributed by atoms with Crippen molar-refractivity contribution in [2.45, 2.75) is 58.3 Å². The maximum atomic E-state index is 4.43. The van der Waals surface area contributed by atoms with Crippen LogP contribution in [0.4, 0.5) is 0 Å². The van der Waals surface area contributed by atoms with Crippen LogP contribution in [-0.4, -0.2) is 13.1 Å². The van der Waals surface area contributed by atoms with Crippen molar-refractivity contribution in [3.05, 3.63) is 35.4 Å². The number of rotatable bonds is 7. The quantitative estimate of drug-likeness (QED) is 0.645. The molecule has 1 heteroatoms. The summed E-state index contributed by atoms with van der Waals surface area (Å²) in [6.45, 7) is 4.44. The predicted octanol–water partition coefficient (Wildman–Crippen LogP) is 4.37. The van der Waals surface area contributed by atoms with E-state index in [1.54, 1.807) is 0 Å². The second-order valence-electron chi connectivity index (χ2n) is 5.95. The molecule has 1 aliphatic heterocycles. The molecule has 105 valence electrons. The van der Waals surface area contributed by atoms with Crippen LogP contribution in [0.3, 0.4) is 0 Å². The highest BCUT2D eigenvalue weighted by molar-refractivity contribution is 5.23. The van der Waals surface area contributed by atoms with Crippen LogP contribution in [0.15, 0.2) is 24.3 Å². The van der Waals surface area contributed by atoms with E-state index in [-0.39, 0.29) is 0 Å². The summed E-state index contributed by atoms with van der Waals surface area (Å²) in [5.41, 5.74) is 3.03. The lowest BCUT2D eigenvalue weighted by Gasteiger charge is -2.21. The molecule has 1 nitrogen and oxygen atoms in total. The van der Waals surface area contributed by atoms with E-state index in [0.717, 1.165) is 19.0 Å². The molecule has 0 atom stereocenters. The highest BCUT2D eigenvalue weighted by Gasteiger charge is 2.13. The Bertz CT molecular complexity index is 335. The lowest BCUT2D eigenvalue weighted by atomic mass is 9.90. The number of hydrogen-bond donors (Lipinski definition) is 0. The zero-order valence-corrected chi connectivity index (χ0v) is 12.4. The van der Waals surface area contributed by atoms with E-state index in [2.05, 4.69) is 36.5 Å². The lowest BCUT2D eigenvalue weighted by Crippen LogP contribution is -2.23. The molecule has 0 aromatic heterocycles. The SMILES string of the molecule is CCCCCCc1ccc(CC2CC[N]CC2)cc1. The molecule has 0 bridgehead atoms. The summed E-state index contributed by atoms with van der Waals surface area (Å²) in [6, 6.07) is 9.38. The molecule has 2 rings (SSSR count). The molecular formula is C18H28N. The average Bonchev–Trinajstić information content (AvgIpc) is 2.46. The van der Waals surface area contributed by atoms with Gasteiger partial charge in [-0.15, -0.1) is 0 Å². The van der Waals surface area contributed by atoms with Crippen molar-refractivity contribution in [3.8, 4) is 0 Å². The Morgan fingerprint density at radius 1 is 0.947 bits per heavy atom. The average molecular weight is 258 g/mol. The zero-order valence-electron chi connectivity index (χ0n) is 12.4. The van der Waals surface area contributed by atoms with Crippen molar-refractivity contribution in [1.82, 2.24) is 5.32 Å². The molecule has 1 radical (unpaired) electrons. The van der Waals surface area contributed by atoms with Crippen LogP contribution < -0.4 is 5.32 Å². The van der Waals surface area contributed by atoms with Gasteiger partial charge in [-0.25, -0.2) is 5.32 Å². The largest absolute Gasteiger partial charge is 0.242 e. The normalized spacial score (nSPS) is 16.7. The van der Waals surface area contributed by atoms with Gasteiger partial charge in [0.05, 0.1) is 0 Å². The van der Waals surface area contributed by atoms with Crippen molar-refractivity contribution < 1.29 is 0 Å². The summed E-state index contributed by atoms with van der Waals surface area (Å²) in [5, 5.41) is 4.43. The molecule has 0 aliphatic carbocycles. The van der Waals surface area contributed by atoms with Crippen LogP contribution in [0, 0.1) is 5.92 Å². The molecule has 0 spiro atoms. The van der Waals surface area contributed by atoms with Gasteiger partial charge in [-0.3, -0.25) is 0 Å². The Morgan fingerprint density at radius 3 is 2.32 bits per heavy atom. The zero-order chi connectivity index (χ0) is 13.3. The standard InChI is InChI=1S/C18H28N/c1-2-3-4-5-6-16-7-9-17(10-8-16)15-18-11-13-19-14-12-18/h7-10,18H,2-6,11-15H2,1H3. The Balaban J connectivity index is 1.74. The first-order chi connectivity index (χ1) is 9.38. The van der Waals surface area contributed by atoms with Crippen molar-refractivity contribution in [1.29, 1.82) is 0 Å². The summed E-state index contributed by atoms with van der Waals surface area (Å²) in [6.07, 6.45) is 10.5. The molecule has 1 aromatic rings. The van der Waals surface area contributed by atoms with Crippen molar-refractivity contribution in [3.63, 3.8) is 0 Å². The maximum Gasteiger partial charge on any atom is 0.0136 e. The number of nitrogens with zero attached hydrogens (tertiary/aromatic N) is 1. The van der Waals surface area contributed by atoms with Crippen LogP contribution in [0.1, 0.15) is 56.6 Å². The third-order valence-electron chi connectivity index (χ3n) is 4.26. The van der Waals surface area contributed by atoms with E-state index < -0.39 is 0 Å². The molecule has 19 heavy (non-hydrogen) atoms. The van der Waals surface area contributed by atoms with Crippen molar-refractivity contribution >= 4 is 0 Å². The number of aryl methyl sites for hydroxylation is 1. The van der Waals surface area contributed by atoms with Crippen LogP contribution in [0.2, 0.25) is 0 Å². The van der Waals surface area contributed by atoms with Crippen LogP contribution in [0.5, 0.6) is 0 Å². The monoisotopic (exact) mass is 258 g/mol. The van der Waals surface area contributed by atoms with Gasteiger partial charge < -0.3 is 0 Å². The van der Waals surface area contributed by atoms with Crippen LogP contribution >= 0.6 is 0 Å². The minimum atomic E-state index is 0.868. The second kappa shape index (κ2) is 8.37. The fourth-order valence-electron chi connectivity index (χ4n) is 2.94. The van der Waals surface area contributed by atoms with Crippen molar-refractivity contribution in [2.75, 3.05) is 13.1 Å². The van der Waals surface area contributed by atoms with Crippen LogP contribution in [0.25, 0.3) is 0 Å². The molecule has 1 fully saturated rings. The molecule has 1 heterocycles. The van der Waals surface area contributed by atoms with Gasteiger partial charge in [-0.1, -0.05) is 50.5 Å². The van der Waals surface area contributed by atoms with Gasteiger partial charge in [-0.2, -0.15) is 0 Å². The van der Waals surface area contributed by atoms with E-state index in [4.69, 9.17) is 0 Å². The van der Waals surface area contributed by atoms with Gasteiger partial charge in [0.1, 0.15) is 0 Å². The fourth-order valence-corrected chi connectivity index (χ4v) is 2.94. The maximum absolute atomic E-state index is 4.43. The summed E-state index contributed by atoms with van der Waals surface area (Å²) >= 11 is 0.